The summed E-state index contributed by atoms with van der Waals surface area (Å²) in [5, 5.41) is 4.09. The summed E-state index contributed by atoms with van der Waals surface area (Å²) in [7, 11) is 0. The van der Waals surface area contributed by atoms with Gasteiger partial charge in [-0.25, -0.2) is 0 Å². The van der Waals surface area contributed by atoms with Crippen LogP contribution in [0, 0.1) is 0 Å². The SMILES string of the molecule is CC(C)c1noc(C(c2cccnc2)N2CCOCC2)n1. The lowest BCUT2D eigenvalue weighted by molar-refractivity contribution is 0.0180. The number of rotatable bonds is 4. The molecule has 0 saturated carbocycles. The van der Waals surface area contributed by atoms with Gasteiger partial charge in [0.1, 0.15) is 6.04 Å². The van der Waals surface area contributed by atoms with Gasteiger partial charge in [0, 0.05) is 31.4 Å². The molecule has 1 atom stereocenters. The molecule has 3 rings (SSSR count). The van der Waals surface area contributed by atoms with Crippen LogP contribution in [0.1, 0.15) is 43.1 Å². The summed E-state index contributed by atoms with van der Waals surface area (Å²) in [6, 6.07) is 3.93. The first-order chi connectivity index (χ1) is 10.3. The molecule has 1 fully saturated rings. The molecule has 1 aliphatic rings. The fraction of sp³-hybridized carbons (Fsp3) is 0.533. The van der Waals surface area contributed by atoms with E-state index in [-0.39, 0.29) is 12.0 Å². The zero-order chi connectivity index (χ0) is 14.7. The molecule has 1 unspecified atom stereocenters. The third kappa shape index (κ3) is 3.11. The number of nitrogens with zero attached hydrogens (tertiary/aromatic N) is 4. The second-order valence-corrected chi connectivity index (χ2v) is 5.48. The van der Waals surface area contributed by atoms with Crippen LogP contribution < -0.4 is 0 Å². The summed E-state index contributed by atoms with van der Waals surface area (Å²) in [6.45, 7) is 7.26. The number of hydrogen-bond donors (Lipinski definition) is 0. The van der Waals surface area contributed by atoms with Crippen molar-refractivity contribution in [2.45, 2.75) is 25.8 Å². The van der Waals surface area contributed by atoms with Gasteiger partial charge in [0.05, 0.1) is 13.2 Å². The first-order valence-electron chi connectivity index (χ1n) is 7.31. The second kappa shape index (κ2) is 6.32. The molecule has 1 aliphatic heterocycles. The molecule has 6 heteroatoms. The lowest BCUT2D eigenvalue weighted by Crippen LogP contribution is -2.39. The smallest absolute Gasteiger partial charge is 0.248 e. The van der Waals surface area contributed by atoms with Gasteiger partial charge in [0.25, 0.3) is 0 Å². The number of pyridine rings is 1. The van der Waals surface area contributed by atoms with Crippen LogP contribution in [0.5, 0.6) is 0 Å². The molecular formula is C15H20N4O2. The molecule has 112 valence electrons. The fourth-order valence-corrected chi connectivity index (χ4v) is 2.48. The summed E-state index contributed by atoms with van der Waals surface area (Å²) < 4.78 is 11.0. The minimum Gasteiger partial charge on any atom is -0.379 e. The van der Waals surface area contributed by atoms with E-state index < -0.39 is 0 Å². The van der Waals surface area contributed by atoms with Crippen LogP contribution in [-0.4, -0.2) is 46.3 Å². The third-order valence-electron chi connectivity index (χ3n) is 3.62. The maximum absolute atomic E-state index is 5.52. The minimum atomic E-state index is -0.0531. The molecule has 0 N–H and O–H groups in total. The third-order valence-corrected chi connectivity index (χ3v) is 3.62. The normalized spacial score (nSPS) is 18.0. The quantitative estimate of drug-likeness (QED) is 0.857. The van der Waals surface area contributed by atoms with Crippen molar-refractivity contribution in [3.63, 3.8) is 0 Å². The molecule has 0 aromatic carbocycles. The second-order valence-electron chi connectivity index (χ2n) is 5.48. The molecule has 3 heterocycles. The molecular weight excluding hydrogens is 268 g/mol. The monoisotopic (exact) mass is 288 g/mol. The Bertz CT molecular complexity index is 564. The molecule has 2 aromatic heterocycles. The Morgan fingerprint density at radius 1 is 1.24 bits per heavy atom. The van der Waals surface area contributed by atoms with Crippen molar-refractivity contribution in [3.05, 3.63) is 41.8 Å². The van der Waals surface area contributed by atoms with Crippen molar-refractivity contribution in [2.75, 3.05) is 26.3 Å². The maximum atomic E-state index is 5.52. The summed E-state index contributed by atoms with van der Waals surface area (Å²) in [5.74, 6) is 1.63. The lowest BCUT2D eigenvalue weighted by Gasteiger charge is -2.32. The Morgan fingerprint density at radius 3 is 2.67 bits per heavy atom. The van der Waals surface area contributed by atoms with Crippen molar-refractivity contribution in [1.29, 1.82) is 0 Å². The van der Waals surface area contributed by atoms with Crippen molar-refractivity contribution in [2.24, 2.45) is 0 Å². The summed E-state index contributed by atoms with van der Waals surface area (Å²) >= 11 is 0. The zero-order valence-electron chi connectivity index (χ0n) is 12.4. The van der Waals surface area contributed by atoms with E-state index in [1.165, 1.54) is 0 Å². The number of morpholine rings is 1. The molecule has 0 radical (unpaired) electrons. The van der Waals surface area contributed by atoms with Gasteiger partial charge in [-0.2, -0.15) is 4.98 Å². The maximum Gasteiger partial charge on any atom is 0.248 e. The van der Waals surface area contributed by atoms with E-state index in [0.717, 1.165) is 37.7 Å². The molecule has 2 aromatic rings. The highest BCUT2D eigenvalue weighted by molar-refractivity contribution is 5.21. The molecule has 21 heavy (non-hydrogen) atoms. The van der Waals surface area contributed by atoms with Crippen molar-refractivity contribution >= 4 is 0 Å². The Morgan fingerprint density at radius 2 is 2.05 bits per heavy atom. The predicted octanol–water partition coefficient (Wildman–Crippen LogP) is 2.01. The number of aromatic nitrogens is 3. The Hall–Kier alpha value is -1.79. The summed E-state index contributed by atoms with van der Waals surface area (Å²) in [6.07, 6.45) is 3.63. The van der Waals surface area contributed by atoms with Gasteiger partial charge in [0.2, 0.25) is 5.89 Å². The minimum absolute atomic E-state index is 0.0531. The summed E-state index contributed by atoms with van der Waals surface area (Å²) in [4.78, 5) is 11.1. The largest absolute Gasteiger partial charge is 0.379 e. The van der Waals surface area contributed by atoms with Gasteiger partial charge in [0.15, 0.2) is 5.82 Å². The molecule has 0 spiro atoms. The molecule has 0 amide bonds. The molecule has 6 nitrogen and oxygen atoms in total. The van der Waals surface area contributed by atoms with E-state index in [9.17, 15) is 0 Å². The average molecular weight is 288 g/mol. The van der Waals surface area contributed by atoms with E-state index in [4.69, 9.17) is 9.26 Å². The topological polar surface area (TPSA) is 64.3 Å². The van der Waals surface area contributed by atoms with Gasteiger partial charge in [-0.05, 0) is 11.6 Å². The van der Waals surface area contributed by atoms with Crippen LogP contribution >= 0.6 is 0 Å². The van der Waals surface area contributed by atoms with Crippen molar-refractivity contribution in [1.82, 2.24) is 20.0 Å². The van der Waals surface area contributed by atoms with Gasteiger partial charge in [-0.1, -0.05) is 25.1 Å². The van der Waals surface area contributed by atoms with E-state index in [1.807, 2.05) is 18.3 Å². The van der Waals surface area contributed by atoms with Crippen LogP contribution in [-0.2, 0) is 4.74 Å². The Balaban J connectivity index is 1.94. The number of hydrogen-bond acceptors (Lipinski definition) is 6. The highest BCUT2D eigenvalue weighted by Crippen LogP contribution is 2.28. The Kier molecular flexibility index (Phi) is 4.26. The van der Waals surface area contributed by atoms with Crippen LogP contribution in [0.15, 0.2) is 29.0 Å². The number of ether oxygens (including phenoxy) is 1. The summed E-state index contributed by atoms with van der Waals surface area (Å²) in [5.41, 5.74) is 1.07. The van der Waals surface area contributed by atoms with Gasteiger partial charge in [-0.15, -0.1) is 0 Å². The predicted molar refractivity (Wildman–Crippen MR) is 76.9 cm³/mol. The fourth-order valence-electron chi connectivity index (χ4n) is 2.48. The Labute approximate surface area is 124 Å². The van der Waals surface area contributed by atoms with E-state index >= 15 is 0 Å². The van der Waals surface area contributed by atoms with Crippen LogP contribution in [0.3, 0.4) is 0 Å². The van der Waals surface area contributed by atoms with E-state index in [1.54, 1.807) is 6.20 Å². The first kappa shape index (κ1) is 14.2. The van der Waals surface area contributed by atoms with E-state index in [2.05, 4.69) is 33.9 Å². The van der Waals surface area contributed by atoms with Crippen LogP contribution in [0.2, 0.25) is 0 Å². The zero-order valence-corrected chi connectivity index (χ0v) is 12.4. The van der Waals surface area contributed by atoms with Crippen LogP contribution in [0.4, 0.5) is 0 Å². The molecule has 0 bridgehead atoms. The first-order valence-corrected chi connectivity index (χ1v) is 7.31. The van der Waals surface area contributed by atoms with E-state index in [0.29, 0.717) is 5.89 Å². The van der Waals surface area contributed by atoms with Crippen LogP contribution in [0.25, 0.3) is 0 Å². The average Bonchev–Trinajstić information content (AvgIpc) is 3.00. The highest BCUT2D eigenvalue weighted by Gasteiger charge is 2.29. The standard InChI is InChI=1S/C15H20N4O2/c1-11(2)14-17-15(21-18-14)13(12-4-3-5-16-10-12)19-6-8-20-9-7-19/h3-5,10-11,13H,6-9H2,1-2H3. The van der Waals surface area contributed by atoms with Crippen molar-refractivity contribution < 1.29 is 9.26 Å². The lowest BCUT2D eigenvalue weighted by atomic mass is 10.1. The highest BCUT2D eigenvalue weighted by atomic mass is 16.5. The molecule has 1 saturated heterocycles. The molecule has 0 aliphatic carbocycles. The van der Waals surface area contributed by atoms with Gasteiger partial charge >= 0.3 is 0 Å². The van der Waals surface area contributed by atoms with Crippen molar-refractivity contribution in [3.8, 4) is 0 Å². The van der Waals surface area contributed by atoms with Gasteiger partial charge < -0.3 is 9.26 Å². The van der Waals surface area contributed by atoms with Gasteiger partial charge in [-0.3, -0.25) is 9.88 Å².